The van der Waals surface area contributed by atoms with Gasteiger partial charge in [-0.3, -0.25) is 0 Å². The first-order valence-corrected chi connectivity index (χ1v) is 9.40. The lowest BCUT2D eigenvalue weighted by molar-refractivity contribution is 0.387. The second-order valence-corrected chi connectivity index (χ2v) is 7.92. The number of nitrogens with one attached hydrogen (secondary N) is 1. The van der Waals surface area contributed by atoms with E-state index in [1.807, 2.05) is 0 Å². The van der Waals surface area contributed by atoms with Gasteiger partial charge in [0.1, 0.15) is 0 Å². The summed E-state index contributed by atoms with van der Waals surface area (Å²) in [5, 5.41) is 3.55. The molecule has 1 aromatic carbocycles. The van der Waals surface area contributed by atoms with Crippen LogP contribution >= 0.6 is 0 Å². The third kappa shape index (κ3) is 3.75. The number of nitrogens with zero attached hydrogens (tertiary/aromatic N) is 2. The first kappa shape index (κ1) is 14.8. The predicted octanol–water partition coefficient (Wildman–Crippen LogP) is 1.02. The van der Waals surface area contributed by atoms with E-state index >= 15 is 0 Å². The topological polar surface area (TPSA) is 52.7 Å². The third-order valence-corrected chi connectivity index (χ3v) is 5.50. The van der Waals surface area contributed by atoms with Crippen molar-refractivity contribution in [2.75, 3.05) is 37.3 Å². The Morgan fingerprint density at radius 2 is 1.81 bits per heavy atom. The van der Waals surface area contributed by atoms with Crippen molar-refractivity contribution < 1.29 is 8.42 Å². The quantitative estimate of drug-likeness (QED) is 0.882. The zero-order valence-corrected chi connectivity index (χ0v) is 13.3. The van der Waals surface area contributed by atoms with E-state index in [0.717, 1.165) is 19.6 Å². The number of hydrogen-bond acceptors (Lipinski definition) is 4. The van der Waals surface area contributed by atoms with E-state index in [1.165, 1.54) is 30.3 Å². The molecule has 2 fully saturated rings. The van der Waals surface area contributed by atoms with Gasteiger partial charge in [0, 0.05) is 44.5 Å². The van der Waals surface area contributed by atoms with Gasteiger partial charge in [-0.15, -0.1) is 0 Å². The van der Waals surface area contributed by atoms with Crippen molar-refractivity contribution >= 4 is 15.7 Å². The van der Waals surface area contributed by atoms with Crippen LogP contribution in [0.5, 0.6) is 0 Å². The molecule has 1 aromatic rings. The summed E-state index contributed by atoms with van der Waals surface area (Å²) in [7, 11) is -3.06. The van der Waals surface area contributed by atoms with Crippen molar-refractivity contribution in [2.24, 2.45) is 0 Å². The van der Waals surface area contributed by atoms with Crippen LogP contribution in [0.1, 0.15) is 18.4 Å². The Morgan fingerprint density at radius 1 is 1.14 bits per heavy atom. The second kappa shape index (κ2) is 5.94. The molecule has 1 saturated heterocycles. The van der Waals surface area contributed by atoms with E-state index in [2.05, 4.69) is 34.5 Å². The summed E-state index contributed by atoms with van der Waals surface area (Å²) in [6.07, 6.45) is 3.86. The van der Waals surface area contributed by atoms with Crippen LogP contribution in [0, 0.1) is 0 Å². The normalized spacial score (nSPS) is 20.7. The summed E-state index contributed by atoms with van der Waals surface area (Å²) in [4.78, 5) is 2.30. The highest BCUT2D eigenvalue weighted by Gasteiger charge is 2.25. The summed E-state index contributed by atoms with van der Waals surface area (Å²) < 4.78 is 24.7. The lowest BCUT2D eigenvalue weighted by Gasteiger charge is -2.35. The molecular weight excluding hydrogens is 286 g/mol. The molecular formula is C15H23N3O2S. The van der Waals surface area contributed by atoms with Crippen molar-refractivity contribution in [1.82, 2.24) is 9.62 Å². The summed E-state index contributed by atoms with van der Waals surface area (Å²) in [5.74, 6) is 0. The van der Waals surface area contributed by atoms with Crippen LogP contribution in [0.3, 0.4) is 0 Å². The molecule has 0 radical (unpaired) electrons. The van der Waals surface area contributed by atoms with E-state index in [0.29, 0.717) is 19.1 Å². The number of hydrogen-bond donors (Lipinski definition) is 1. The Balaban J connectivity index is 1.66. The molecule has 6 heteroatoms. The first-order chi connectivity index (χ1) is 10.0. The second-order valence-electron chi connectivity index (χ2n) is 5.93. The molecule has 0 unspecified atom stereocenters. The van der Waals surface area contributed by atoms with E-state index in [4.69, 9.17) is 0 Å². The average molecular weight is 309 g/mol. The Hall–Kier alpha value is -1.11. The summed E-state index contributed by atoms with van der Waals surface area (Å²) in [5.41, 5.74) is 2.54. The van der Waals surface area contributed by atoms with Crippen molar-refractivity contribution in [3.8, 4) is 0 Å². The smallest absolute Gasteiger partial charge is 0.211 e. The minimum atomic E-state index is -3.06. The molecule has 1 N–H and O–H groups in total. The SMILES string of the molecule is CS(=O)(=O)N1CCN(c2ccccc2CNC2CC2)CC1. The zero-order chi connectivity index (χ0) is 14.9. The molecule has 3 rings (SSSR count). The van der Waals surface area contributed by atoms with Crippen molar-refractivity contribution in [1.29, 1.82) is 0 Å². The van der Waals surface area contributed by atoms with Gasteiger partial charge in [0.2, 0.25) is 10.0 Å². The van der Waals surface area contributed by atoms with Crippen LogP contribution in [0.2, 0.25) is 0 Å². The van der Waals surface area contributed by atoms with Crippen molar-refractivity contribution in [2.45, 2.75) is 25.4 Å². The Labute approximate surface area is 127 Å². The number of sulfonamides is 1. The zero-order valence-electron chi connectivity index (χ0n) is 12.5. The van der Waals surface area contributed by atoms with E-state index in [1.54, 1.807) is 4.31 Å². The predicted molar refractivity (Wildman–Crippen MR) is 84.9 cm³/mol. The molecule has 1 saturated carbocycles. The Morgan fingerprint density at radius 3 is 2.43 bits per heavy atom. The van der Waals surface area contributed by atoms with Gasteiger partial charge < -0.3 is 10.2 Å². The molecule has 2 aliphatic rings. The van der Waals surface area contributed by atoms with Gasteiger partial charge in [0.05, 0.1) is 6.26 Å². The fourth-order valence-corrected chi connectivity index (χ4v) is 3.60. The summed E-state index contributed by atoms with van der Waals surface area (Å²) in [6.45, 7) is 3.56. The highest BCUT2D eigenvalue weighted by molar-refractivity contribution is 7.88. The van der Waals surface area contributed by atoms with Crippen LogP contribution in [-0.4, -0.2) is 51.2 Å². The number of anilines is 1. The van der Waals surface area contributed by atoms with Gasteiger partial charge in [-0.25, -0.2) is 8.42 Å². The maximum absolute atomic E-state index is 11.6. The maximum Gasteiger partial charge on any atom is 0.211 e. The van der Waals surface area contributed by atoms with E-state index in [-0.39, 0.29) is 0 Å². The molecule has 0 aromatic heterocycles. The standard InChI is InChI=1S/C15H23N3O2S/c1-21(19,20)18-10-8-17(9-11-18)15-5-3-2-4-13(15)12-16-14-6-7-14/h2-5,14,16H,6-12H2,1H3. The van der Waals surface area contributed by atoms with Crippen LogP contribution in [-0.2, 0) is 16.6 Å². The van der Waals surface area contributed by atoms with E-state index in [9.17, 15) is 8.42 Å². The van der Waals surface area contributed by atoms with Gasteiger partial charge >= 0.3 is 0 Å². The van der Waals surface area contributed by atoms with Gasteiger partial charge in [-0.2, -0.15) is 4.31 Å². The maximum atomic E-state index is 11.6. The van der Waals surface area contributed by atoms with Crippen molar-refractivity contribution in [3.63, 3.8) is 0 Å². The molecule has 5 nitrogen and oxygen atoms in total. The molecule has 0 spiro atoms. The lowest BCUT2D eigenvalue weighted by Crippen LogP contribution is -2.48. The lowest BCUT2D eigenvalue weighted by atomic mass is 10.1. The Bertz CT molecular complexity index is 591. The van der Waals surface area contributed by atoms with Crippen LogP contribution in [0.25, 0.3) is 0 Å². The van der Waals surface area contributed by atoms with Crippen LogP contribution in [0.4, 0.5) is 5.69 Å². The molecule has 21 heavy (non-hydrogen) atoms. The largest absolute Gasteiger partial charge is 0.369 e. The highest BCUT2D eigenvalue weighted by atomic mass is 32.2. The number of benzene rings is 1. The minimum absolute atomic E-state index is 0.573. The van der Waals surface area contributed by atoms with Gasteiger partial charge in [0.15, 0.2) is 0 Å². The monoisotopic (exact) mass is 309 g/mol. The van der Waals surface area contributed by atoms with Gasteiger partial charge in [-0.1, -0.05) is 18.2 Å². The molecule has 1 aliphatic carbocycles. The third-order valence-electron chi connectivity index (χ3n) is 4.20. The summed E-state index contributed by atoms with van der Waals surface area (Å²) in [6, 6.07) is 9.12. The molecule has 1 aliphatic heterocycles. The average Bonchev–Trinajstić information content (AvgIpc) is 3.29. The fourth-order valence-electron chi connectivity index (χ4n) is 2.77. The summed E-state index contributed by atoms with van der Waals surface area (Å²) >= 11 is 0. The fraction of sp³-hybridized carbons (Fsp3) is 0.600. The van der Waals surface area contributed by atoms with Crippen LogP contribution < -0.4 is 10.2 Å². The van der Waals surface area contributed by atoms with Crippen molar-refractivity contribution in [3.05, 3.63) is 29.8 Å². The molecule has 0 amide bonds. The molecule has 0 atom stereocenters. The molecule has 0 bridgehead atoms. The van der Waals surface area contributed by atoms with Gasteiger partial charge in [0.25, 0.3) is 0 Å². The minimum Gasteiger partial charge on any atom is -0.369 e. The van der Waals surface area contributed by atoms with E-state index < -0.39 is 10.0 Å². The number of piperazine rings is 1. The van der Waals surface area contributed by atoms with Gasteiger partial charge in [-0.05, 0) is 24.5 Å². The molecule has 116 valence electrons. The number of para-hydroxylation sites is 1. The number of rotatable bonds is 5. The Kier molecular flexibility index (Phi) is 4.19. The van der Waals surface area contributed by atoms with Crippen LogP contribution in [0.15, 0.2) is 24.3 Å². The molecule has 1 heterocycles. The first-order valence-electron chi connectivity index (χ1n) is 7.55. The highest BCUT2D eigenvalue weighted by Crippen LogP contribution is 2.24.